The highest BCUT2D eigenvalue weighted by Crippen LogP contribution is 2.40. The molecule has 1 aromatic carbocycles. The molecule has 1 aromatic heterocycles. The molecule has 3 N–H and O–H groups in total. The van der Waals surface area contributed by atoms with Crippen LogP contribution in [0.2, 0.25) is 0 Å². The number of carboxylic acids is 1. The smallest absolute Gasteiger partial charge is 0.344 e. The quantitative estimate of drug-likeness (QED) is 0.478. The van der Waals surface area contributed by atoms with Gasteiger partial charge in [0.15, 0.2) is 5.82 Å². The number of aryl methyl sites for hydroxylation is 1. The van der Waals surface area contributed by atoms with Crippen LogP contribution in [0.5, 0.6) is 0 Å². The van der Waals surface area contributed by atoms with Gasteiger partial charge in [0.25, 0.3) is 0 Å². The summed E-state index contributed by atoms with van der Waals surface area (Å²) in [5.41, 5.74) is 3.54. The monoisotopic (exact) mass is 496 g/mol. The first kappa shape index (κ1) is 25.7. The van der Waals surface area contributed by atoms with E-state index in [4.69, 9.17) is 5.11 Å². The maximum Gasteiger partial charge on any atom is 0.344 e. The van der Waals surface area contributed by atoms with Gasteiger partial charge in [-0.1, -0.05) is 12.1 Å². The zero-order valence-corrected chi connectivity index (χ0v) is 21.1. The summed E-state index contributed by atoms with van der Waals surface area (Å²) in [4.78, 5) is 39.5. The molecule has 2 aliphatic heterocycles. The summed E-state index contributed by atoms with van der Waals surface area (Å²) in [6, 6.07) is 7.89. The Bertz CT molecular complexity index is 1110. The summed E-state index contributed by atoms with van der Waals surface area (Å²) in [5, 5.41) is 19.1. The van der Waals surface area contributed by atoms with Crippen LogP contribution in [0.1, 0.15) is 56.6 Å². The number of anilines is 2. The molecule has 0 unspecified atom stereocenters. The first-order chi connectivity index (χ1) is 17.3. The van der Waals surface area contributed by atoms with Gasteiger partial charge in [-0.2, -0.15) is 4.68 Å². The number of carbonyl (C=O) groups excluding carboxylic acids is 2. The van der Waals surface area contributed by atoms with Crippen LogP contribution in [0.3, 0.4) is 0 Å². The van der Waals surface area contributed by atoms with Gasteiger partial charge in [-0.3, -0.25) is 14.5 Å². The largest absolute Gasteiger partial charge is 0.481 e. The van der Waals surface area contributed by atoms with Crippen molar-refractivity contribution in [2.45, 2.75) is 64.5 Å². The molecule has 2 amide bonds. The molecule has 0 radical (unpaired) electrons. The Hall–Kier alpha value is -3.40. The summed E-state index contributed by atoms with van der Waals surface area (Å²) in [5.74, 6) is -0.622. The highest BCUT2D eigenvalue weighted by atomic mass is 16.4. The van der Waals surface area contributed by atoms with Crippen LogP contribution in [-0.2, 0) is 16.1 Å². The van der Waals surface area contributed by atoms with Crippen molar-refractivity contribution >= 4 is 29.4 Å². The van der Waals surface area contributed by atoms with E-state index in [1.165, 1.54) is 22.7 Å². The second kappa shape index (κ2) is 11.1. The number of hydrogen-bond acceptors (Lipinski definition) is 6. The molecule has 0 aliphatic carbocycles. The lowest BCUT2D eigenvalue weighted by Gasteiger charge is -2.45. The van der Waals surface area contributed by atoms with Crippen molar-refractivity contribution in [3.63, 3.8) is 0 Å². The zero-order valence-electron chi connectivity index (χ0n) is 21.1. The maximum atomic E-state index is 13.0. The minimum absolute atomic E-state index is 0.0771. The lowest BCUT2D eigenvalue weighted by atomic mass is 9.84. The van der Waals surface area contributed by atoms with E-state index in [2.05, 4.69) is 45.8 Å². The highest BCUT2D eigenvalue weighted by Gasteiger charge is 2.44. The zero-order chi connectivity index (χ0) is 25.7. The number of piperidine rings is 1. The summed E-state index contributed by atoms with van der Waals surface area (Å²) < 4.78 is 1.30. The summed E-state index contributed by atoms with van der Waals surface area (Å²) in [6.45, 7) is 7.29. The van der Waals surface area contributed by atoms with Gasteiger partial charge >= 0.3 is 12.0 Å². The number of amides is 2. The Balaban J connectivity index is 1.38. The number of likely N-dealkylation sites (tertiary alicyclic amines) is 2. The number of rotatable bonds is 8. The second-order valence-corrected chi connectivity index (χ2v) is 9.93. The fourth-order valence-electron chi connectivity index (χ4n) is 5.40. The fourth-order valence-corrected chi connectivity index (χ4v) is 5.40. The molecule has 4 rings (SSSR count). The molecule has 0 saturated carbocycles. The van der Waals surface area contributed by atoms with E-state index in [0.717, 1.165) is 44.5 Å². The number of nitrogens with zero attached hydrogens (tertiary/aromatic N) is 4. The van der Waals surface area contributed by atoms with Gasteiger partial charge in [0.1, 0.15) is 0 Å². The topological polar surface area (TPSA) is 120 Å². The highest BCUT2D eigenvalue weighted by molar-refractivity contribution is 5.88. The molecule has 3 heterocycles. The average Bonchev–Trinajstić information content (AvgIpc) is 3.45. The molecule has 36 heavy (non-hydrogen) atoms. The van der Waals surface area contributed by atoms with Gasteiger partial charge in [0.05, 0.1) is 0 Å². The minimum Gasteiger partial charge on any atom is -0.481 e. The van der Waals surface area contributed by atoms with Crippen molar-refractivity contribution in [2.75, 3.05) is 36.8 Å². The fraction of sp³-hybridized carbons (Fsp3) is 0.538. The van der Waals surface area contributed by atoms with E-state index < -0.39 is 5.97 Å². The molecule has 194 valence electrons. The number of hydrogen-bond donors (Lipinski definition) is 3. The maximum absolute atomic E-state index is 13.0. The van der Waals surface area contributed by atoms with Crippen molar-refractivity contribution in [3.8, 4) is 0 Å². The summed E-state index contributed by atoms with van der Waals surface area (Å²) >= 11 is 0. The van der Waals surface area contributed by atoms with Crippen LogP contribution in [-0.4, -0.2) is 74.3 Å². The standard InChI is InChI=1S/C26H36N6O4/c1-19-6-7-21(22(17-19)27-12-3-5-24(34)35)18-31-13-4-9-26(31)10-15-30(16-11-26)25(36)32-14-8-23(29-32)28-20(2)33/h6-8,14,17,27H,3-5,9-13,15-16,18H2,1-2H3,(H,34,35)(H,28,29,33). The molecule has 0 bridgehead atoms. The number of carboxylic acid groups (broad SMARTS) is 1. The van der Waals surface area contributed by atoms with Crippen LogP contribution >= 0.6 is 0 Å². The van der Waals surface area contributed by atoms with Gasteiger partial charge in [0, 0.05) is 63.0 Å². The Morgan fingerprint density at radius 3 is 2.61 bits per heavy atom. The Labute approximate surface area is 211 Å². The van der Waals surface area contributed by atoms with E-state index in [9.17, 15) is 14.4 Å². The van der Waals surface area contributed by atoms with Crippen LogP contribution in [0, 0.1) is 6.92 Å². The van der Waals surface area contributed by atoms with Crippen molar-refractivity contribution in [1.29, 1.82) is 0 Å². The normalized spacial score (nSPS) is 17.3. The lowest BCUT2D eigenvalue weighted by Crippen LogP contribution is -2.53. The lowest BCUT2D eigenvalue weighted by molar-refractivity contribution is -0.137. The van der Waals surface area contributed by atoms with Crippen LogP contribution in [0.4, 0.5) is 16.3 Å². The SMILES string of the molecule is CC(=O)Nc1ccn(C(=O)N2CCC3(CCCN3Cc3ccc(C)cc3NCCCC(=O)O)CC2)n1. The first-order valence-corrected chi connectivity index (χ1v) is 12.7. The molecule has 1 spiro atoms. The van der Waals surface area contributed by atoms with E-state index >= 15 is 0 Å². The molecule has 2 saturated heterocycles. The summed E-state index contributed by atoms with van der Waals surface area (Å²) in [7, 11) is 0. The minimum atomic E-state index is -0.772. The van der Waals surface area contributed by atoms with Gasteiger partial charge in [0.2, 0.25) is 5.91 Å². The van der Waals surface area contributed by atoms with Gasteiger partial charge in [-0.05, 0) is 62.8 Å². The van der Waals surface area contributed by atoms with E-state index in [1.807, 2.05) is 4.90 Å². The van der Waals surface area contributed by atoms with Crippen molar-refractivity contribution in [3.05, 3.63) is 41.6 Å². The molecule has 0 atom stereocenters. The van der Waals surface area contributed by atoms with E-state index in [0.29, 0.717) is 31.9 Å². The third-order valence-electron chi connectivity index (χ3n) is 7.30. The molecule has 2 aliphatic rings. The van der Waals surface area contributed by atoms with Crippen molar-refractivity contribution < 1.29 is 19.5 Å². The molecular formula is C26H36N6O4. The molecule has 2 fully saturated rings. The predicted octanol–water partition coefficient (Wildman–Crippen LogP) is 3.53. The Kier molecular flexibility index (Phi) is 7.93. The van der Waals surface area contributed by atoms with Gasteiger partial charge in [-0.25, -0.2) is 4.79 Å². The Morgan fingerprint density at radius 1 is 1.11 bits per heavy atom. The van der Waals surface area contributed by atoms with Crippen LogP contribution in [0.25, 0.3) is 0 Å². The molecule has 2 aromatic rings. The number of benzene rings is 1. The van der Waals surface area contributed by atoms with E-state index in [1.54, 1.807) is 12.3 Å². The van der Waals surface area contributed by atoms with Crippen molar-refractivity contribution in [2.24, 2.45) is 0 Å². The average molecular weight is 497 g/mol. The third kappa shape index (κ3) is 6.04. The first-order valence-electron chi connectivity index (χ1n) is 12.7. The predicted molar refractivity (Wildman–Crippen MR) is 137 cm³/mol. The molecule has 10 nitrogen and oxygen atoms in total. The number of carbonyl (C=O) groups is 3. The third-order valence-corrected chi connectivity index (χ3v) is 7.30. The van der Waals surface area contributed by atoms with Gasteiger partial charge in [-0.15, -0.1) is 5.10 Å². The Morgan fingerprint density at radius 2 is 1.89 bits per heavy atom. The number of nitrogens with one attached hydrogen (secondary N) is 2. The van der Waals surface area contributed by atoms with Gasteiger partial charge < -0.3 is 20.6 Å². The number of aromatic nitrogens is 2. The molecule has 10 heteroatoms. The molecular weight excluding hydrogens is 460 g/mol. The summed E-state index contributed by atoms with van der Waals surface area (Å²) in [6.07, 6.45) is 6.41. The van der Waals surface area contributed by atoms with Crippen LogP contribution < -0.4 is 10.6 Å². The van der Waals surface area contributed by atoms with Crippen molar-refractivity contribution in [1.82, 2.24) is 19.6 Å². The van der Waals surface area contributed by atoms with Crippen LogP contribution in [0.15, 0.2) is 30.5 Å². The number of aliphatic carboxylic acids is 1. The second-order valence-electron chi connectivity index (χ2n) is 9.93. The van der Waals surface area contributed by atoms with E-state index in [-0.39, 0.29) is 23.9 Å².